The summed E-state index contributed by atoms with van der Waals surface area (Å²) in [5.74, 6) is 0.738. The van der Waals surface area contributed by atoms with E-state index in [1.54, 1.807) is 17.4 Å². The Labute approximate surface area is 97.6 Å². The lowest BCUT2D eigenvalue weighted by atomic mass is 10.2. The Hall–Kier alpha value is -1.39. The van der Waals surface area contributed by atoms with Crippen LogP contribution in [0.25, 0.3) is 10.4 Å². The van der Waals surface area contributed by atoms with Gasteiger partial charge in [0, 0.05) is 23.7 Å². The molecule has 0 spiro atoms. The summed E-state index contributed by atoms with van der Waals surface area (Å²) in [7, 11) is 0. The molecule has 0 unspecified atom stereocenters. The van der Waals surface area contributed by atoms with Gasteiger partial charge in [0.15, 0.2) is 0 Å². The predicted octanol–water partition coefficient (Wildman–Crippen LogP) is 2.33. The predicted molar refractivity (Wildman–Crippen MR) is 64.5 cm³/mol. The first kappa shape index (κ1) is 9.81. The molecule has 0 amide bonds. The Bertz CT molecular complexity index is 523. The standard InChI is InChI=1S/C12H12N2OS/c13-9-5-8(9)12-14-6-11(16-12)7-3-1-2-4-10(7)15/h1-4,6,8-9,15H,5,13H2/t8-,9-/m0/s1. The van der Waals surface area contributed by atoms with Crippen LogP contribution in [0.3, 0.4) is 0 Å². The van der Waals surface area contributed by atoms with Gasteiger partial charge in [0.2, 0.25) is 0 Å². The highest BCUT2D eigenvalue weighted by Gasteiger charge is 2.37. The van der Waals surface area contributed by atoms with Crippen molar-refractivity contribution < 1.29 is 5.11 Å². The normalized spacial score (nSPS) is 23.3. The molecule has 82 valence electrons. The number of hydrogen-bond acceptors (Lipinski definition) is 4. The van der Waals surface area contributed by atoms with Crippen molar-refractivity contribution in [2.24, 2.45) is 5.73 Å². The van der Waals surface area contributed by atoms with Gasteiger partial charge in [0.05, 0.1) is 9.88 Å². The SMILES string of the molecule is N[C@H]1C[C@@H]1c1ncc(-c2ccccc2O)s1. The van der Waals surface area contributed by atoms with E-state index < -0.39 is 0 Å². The maximum Gasteiger partial charge on any atom is 0.124 e. The maximum absolute atomic E-state index is 9.73. The van der Waals surface area contributed by atoms with Gasteiger partial charge in [-0.1, -0.05) is 12.1 Å². The second-order valence-electron chi connectivity index (χ2n) is 4.09. The summed E-state index contributed by atoms with van der Waals surface area (Å²) in [6.07, 6.45) is 2.85. The van der Waals surface area contributed by atoms with E-state index in [0.29, 0.717) is 11.7 Å². The van der Waals surface area contributed by atoms with Crippen LogP contribution in [0.5, 0.6) is 5.75 Å². The van der Waals surface area contributed by atoms with Gasteiger partial charge in [-0.2, -0.15) is 0 Å². The topological polar surface area (TPSA) is 59.1 Å². The fourth-order valence-electron chi connectivity index (χ4n) is 1.76. The molecule has 0 aliphatic heterocycles. The van der Waals surface area contributed by atoms with Crippen LogP contribution in [-0.4, -0.2) is 16.1 Å². The van der Waals surface area contributed by atoms with Crippen molar-refractivity contribution in [1.29, 1.82) is 0 Å². The van der Waals surface area contributed by atoms with Crippen molar-refractivity contribution in [2.75, 3.05) is 0 Å². The quantitative estimate of drug-likeness (QED) is 0.835. The third-order valence-corrected chi connectivity index (χ3v) is 4.01. The second kappa shape index (κ2) is 3.57. The summed E-state index contributed by atoms with van der Waals surface area (Å²) in [6, 6.07) is 7.61. The van der Waals surface area contributed by atoms with Crippen LogP contribution in [0, 0.1) is 0 Å². The number of thiazole rings is 1. The number of para-hydroxylation sites is 1. The number of rotatable bonds is 2. The summed E-state index contributed by atoms with van der Waals surface area (Å²) < 4.78 is 0. The molecule has 0 bridgehead atoms. The Balaban J connectivity index is 1.95. The average Bonchev–Trinajstić information content (AvgIpc) is 2.82. The summed E-state index contributed by atoms with van der Waals surface area (Å²) in [5, 5.41) is 10.8. The highest BCUT2D eigenvalue weighted by molar-refractivity contribution is 7.15. The van der Waals surface area contributed by atoms with Gasteiger partial charge >= 0.3 is 0 Å². The zero-order valence-corrected chi connectivity index (χ0v) is 9.45. The van der Waals surface area contributed by atoms with Crippen molar-refractivity contribution in [3.05, 3.63) is 35.5 Å². The third-order valence-electron chi connectivity index (χ3n) is 2.85. The summed E-state index contributed by atoms with van der Waals surface area (Å²) in [4.78, 5) is 5.38. The molecule has 2 atom stereocenters. The smallest absolute Gasteiger partial charge is 0.124 e. The summed E-state index contributed by atoms with van der Waals surface area (Å²) >= 11 is 1.62. The number of phenols is 1. The Morgan fingerprint density at radius 2 is 2.12 bits per heavy atom. The van der Waals surface area contributed by atoms with Crippen molar-refractivity contribution in [3.63, 3.8) is 0 Å². The van der Waals surface area contributed by atoms with Crippen LogP contribution in [0.2, 0.25) is 0 Å². The van der Waals surface area contributed by atoms with Crippen LogP contribution < -0.4 is 5.73 Å². The fourth-order valence-corrected chi connectivity index (χ4v) is 2.91. The van der Waals surface area contributed by atoms with Crippen LogP contribution >= 0.6 is 11.3 Å². The molecule has 0 saturated heterocycles. The van der Waals surface area contributed by atoms with Gasteiger partial charge < -0.3 is 10.8 Å². The van der Waals surface area contributed by atoms with Crippen molar-refractivity contribution in [3.8, 4) is 16.2 Å². The third kappa shape index (κ3) is 1.60. The van der Waals surface area contributed by atoms with Crippen molar-refractivity contribution in [2.45, 2.75) is 18.4 Å². The van der Waals surface area contributed by atoms with Crippen molar-refractivity contribution in [1.82, 2.24) is 4.98 Å². The number of phenolic OH excluding ortho intramolecular Hbond substituents is 1. The first-order chi connectivity index (χ1) is 7.75. The molecule has 2 aromatic rings. The molecule has 1 aliphatic carbocycles. The second-order valence-corrected chi connectivity index (χ2v) is 5.15. The van der Waals surface area contributed by atoms with Gasteiger partial charge in [-0.3, -0.25) is 0 Å². The molecular weight excluding hydrogens is 220 g/mol. The lowest BCUT2D eigenvalue weighted by Crippen LogP contribution is -2.00. The van der Waals surface area contributed by atoms with Crippen LogP contribution in [-0.2, 0) is 0 Å². The minimum absolute atomic E-state index is 0.281. The Morgan fingerprint density at radius 3 is 2.81 bits per heavy atom. The zero-order valence-electron chi connectivity index (χ0n) is 8.63. The van der Waals surface area contributed by atoms with E-state index in [1.807, 2.05) is 24.4 Å². The molecule has 16 heavy (non-hydrogen) atoms. The van der Waals surface area contributed by atoms with E-state index in [0.717, 1.165) is 21.9 Å². The number of nitrogens with zero attached hydrogens (tertiary/aromatic N) is 1. The van der Waals surface area contributed by atoms with E-state index >= 15 is 0 Å². The highest BCUT2D eigenvalue weighted by atomic mass is 32.1. The van der Waals surface area contributed by atoms with E-state index in [2.05, 4.69) is 4.98 Å². The molecule has 1 aromatic carbocycles. The Morgan fingerprint density at radius 1 is 1.38 bits per heavy atom. The summed E-state index contributed by atoms with van der Waals surface area (Å²) in [6.45, 7) is 0. The largest absolute Gasteiger partial charge is 0.507 e. The summed E-state index contributed by atoms with van der Waals surface area (Å²) in [5.41, 5.74) is 6.64. The minimum Gasteiger partial charge on any atom is -0.507 e. The first-order valence-electron chi connectivity index (χ1n) is 5.25. The lowest BCUT2D eigenvalue weighted by molar-refractivity contribution is 0.477. The molecule has 1 heterocycles. The number of nitrogens with two attached hydrogens (primary N) is 1. The average molecular weight is 232 g/mol. The molecule has 1 fully saturated rings. The molecular formula is C12H12N2OS. The van der Waals surface area contributed by atoms with E-state index in [4.69, 9.17) is 5.73 Å². The van der Waals surface area contributed by atoms with Gasteiger partial charge in [-0.05, 0) is 18.6 Å². The molecule has 3 nitrogen and oxygen atoms in total. The van der Waals surface area contributed by atoms with Gasteiger partial charge in [0.1, 0.15) is 5.75 Å². The first-order valence-corrected chi connectivity index (χ1v) is 6.07. The van der Waals surface area contributed by atoms with Crippen LogP contribution in [0.4, 0.5) is 0 Å². The Kier molecular flexibility index (Phi) is 2.19. The highest BCUT2D eigenvalue weighted by Crippen LogP contribution is 2.43. The number of aromatic nitrogens is 1. The lowest BCUT2D eigenvalue weighted by Gasteiger charge is -1.99. The van der Waals surface area contributed by atoms with Crippen LogP contribution in [0.1, 0.15) is 17.3 Å². The molecule has 1 aromatic heterocycles. The molecule has 1 saturated carbocycles. The van der Waals surface area contributed by atoms with Crippen molar-refractivity contribution >= 4 is 11.3 Å². The number of benzene rings is 1. The van der Waals surface area contributed by atoms with E-state index in [1.165, 1.54) is 0 Å². The maximum atomic E-state index is 9.73. The molecule has 0 radical (unpaired) electrons. The molecule has 4 heteroatoms. The van der Waals surface area contributed by atoms with E-state index in [-0.39, 0.29) is 6.04 Å². The minimum atomic E-state index is 0.281. The van der Waals surface area contributed by atoms with Gasteiger partial charge in [-0.25, -0.2) is 4.98 Å². The van der Waals surface area contributed by atoms with Crippen LogP contribution in [0.15, 0.2) is 30.5 Å². The fraction of sp³-hybridized carbons (Fsp3) is 0.250. The van der Waals surface area contributed by atoms with E-state index in [9.17, 15) is 5.11 Å². The monoisotopic (exact) mass is 232 g/mol. The van der Waals surface area contributed by atoms with Gasteiger partial charge in [-0.15, -0.1) is 11.3 Å². The van der Waals surface area contributed by atoms with Gasteiger partial charge in [0.25, 0.3) is 0 Å². The molecule has 1 aliphatic rings. The number of aromatic hydroxyl groups is 1. The number of hydrogen-bond donors (Lipinski definition) is 2. The zero-order chi connectivity index (χ0) is 11.1. The molecule has 3 rings (SSSR count). The molecule has 3 N–H and O–H groups in total.